The molecule has 0 aromatic heterocycles. The summed E-state index contributed by atoms with van der Waals surface area (Å²) in [6.45, 7) is 3.89. The van der Waals surface area contributed by atoms with Crippen molar-refractivity contribution in [1.82, 2.24) is 0 Å². The van der Waals surface area contributed by atoms with Crippen LogP contribution in [0, 0.1) is 0 Å². The smallest absolute Gasteiger partial charge is 0.327 e. The van der Waals surface area contributed by atoms with Crippen LogP contribution in [0.1, 0.15) is 0 Å². The quantitative estimate of drug-likeness (QED) is 0.354. The van der Waals surface area contributed by atoms with Crippen LogP contribution in [0.15, 0.2) is 12.7 Å². The first-order valence-electron chi connectivity index (χ1n) is 2.78. The summed E-state index contributed by atoms with van der Waals surface area (Å²) in [5, 5.41) is 7.60. The summed E-state index contributed by atoms with van der Waals surface area (Å²) in [5.74, 6) is -0.0926. The lowest BCUT2D eigenvalue weighted by Gasteiger charge is -1.69. The molecule has 1 atom stereocenters. The molecule has 1 N–H and O–H groups in total. The van der Waals surface area contributed by atoms with E-state index in [1.807, 2.05) is 0 Å². The van der Waals surface area contributed by atoms with Crippen LogP contribution in [0.2, 0.25) is 0 Å². The average Bonchev–Trinajstić information content (AvgIpc) is 2.70. The molecule has 0 aliphatic carbocycles. The van der Waals surface area contributed by atoms with E-state index in [0.29, 0.717) is 6.10 Å². The molecular formula is C6H10O3S. The van der Waals surface area contributed by atoms with Crippen LogP contribution >= 0.6 is 12.6 Å². The predicted octanol–water partition coefficient (Wildman–Crippen LogP) is 0.572. The van der Waals surface area contributed by atoms with E-state index in [1.54, 1.807) is 0 Å². The molecule has 58 valence electrons. The second-order valence-electron chi connectivity index (χ2n) is 1.68. The number of epoxide rings is 1. The van der Waals surface area contributed by atoms with Crippen molar-refractivity contribution >= 4 is 18.6 Å². The minimum Gasteiger partial charge on any atom is -0.478 e. The zero-order valence-electron chi connectivity index (χ0n) is 5.49. The first-order chi connectivity index (χ1) is 4.70. The van der Waals surface area contributed by atoms with E-state index in [2.05, 4.69) is 19.2 Å². The predicted molar refractivity (Wildman–Crippen MR) is 41.4 cm³/mol. The lowest BCUT2D eigenvalue weighted by Crippen LogP contribution is -1.82. The maximum absolute atomic E-state index is 9.25. The van der Waals surface area contributed by atoms with Gasteiger partial charge in [0.2, 0.25) is 0 Å². The number of ether oxygens (including phenoxy) is 1. The summed E-state index contributed by atoms with van der Waals surface area (Å²) in [6.07, 6.45) is 1.33. The fourth-order valence-corrected chi connectivity index (χ4v) is 0.384. The molecule has 1 rings (SSSR count). The van der Waals surface area contributed by atoms with Crippen LogP contribution < -0.4 is 0 Å². The molecule has 1 saturated heterocycles. The number of aliphatic carboxylic acids is 1. The lowest BCUT2D eigenvalue weighted by molar-refractivity contribution is -0.131. The molecule has 1 unspecified atom stereocenters. The normalized spacial score (nSPS) is 20.3. The van der Waals surface area contributed by atoms with Gasteiger partial charge in [0.1, 0.15) is 0 Å². The van der Waals surface area contributed by atoms with Gasteiger partial charge in [-0.3, -0.25) is 0 Å². The van der Waals surface area contributed by atoms with Crippen LogP contribution in [-0.2, 0) is 9.53 Å². The number of carboxylic acid groups (broad SMARTS) is 1. The monoisotopic (exact) mass is 162 g/mol. The van der Waals surface area contributed by atoms with Gasteiger partial charge in [0, 0.05) is 11.8 Å². The summed E-state index contributed by atoms with van der Waals surface area (Å²) in [5.41, 5.74) is 0. The molecule has 1 fully saturated rings. The Kier molecular flexibility index (Phi) is 5.06. The Morgan fingerprint density at radius 3 is 2.40 bits per heavy atom. The van der Waals surface area contributed by atoms with Gasteiger partial charge in [-0.1, -0.05) is 6.58 Å². The van der Waals surface area contributed by atoms with E-state index in [0.717, 1.165) is 18.4 Å². The third-order valence-electron chi connectivity index (χ3n) is 0.781. The van der Waals surface area contributed by atoms with Gasteiger partial charge < -0.3 is 9.84 Å². The Hall–Kier alpha value is -0.480. The van der Waals surface area contributed by atoms with Crippen molar-refractivity contribution in [2.75, 3.05) is 12.4 Å². The topological polar surface area (TPSA) is 49.8 Å². The molecule has 0 amide bonds. The minimum atomic E-state index is -0.981. The van der Waals surface area contributed by atoms with Crippen LogP contribution in [0.3, 0.4) is 0 Å². The number of hydrogen-bond donors (Lipinski definition) is 2. The Morgan fingerprint density at radius 2 is 2.40 bits per heavy atom. The van der Waals surface area contributed by atoms with Gasteiger partial charge in [-0.2, -0.15) is 12.6 Å². The first kappa shape index (κ1) is 9.52. The molecule has 1 aliphatic rings. The van der Waals surface area contributed by atoms with Gasteiger partial charge in [0.15, 0.2) is 0 Å². The highest BCUT2D eigenvalue weighted by atomic mass is 32.1. The highest BCUT2D eigenvalue weighted by Gasteiger charge is 2.18. The molecule has 0 aromatic carbocycles. The highest BCUT2D eigenvalue weighted by molar-refractivity contribution is 7.80. The molecule has 1 heterocycles. The van der Waals surface area contributed by atoms with Crippen molar-refractivity contribution in [2.24, 2.45) is 0 Å². The second kappa shape index (κ2) is 5.32. The average molecular weight is 162 g/mol. The number of rotatable bonds is 2. The van der Waals surface area contributed by atoms with E-state index in [-0.39, 0.29) is 0 Å². The van der Waals surface area contributed by atoms with E-state index in [9.17, 15) is 4.79 Å². The van der Waals surface area contributed by atoms with Gasteiger partial charge in [-0.05, 0) is 0 Å². The van der Waals surface area contributed by atoms with Gasteiger partial charge in [-0.25, -0.2) is 4.79 Å². The van der Waals surface area contributed by atoms with Crippen molar-refractivity contribution < 1.29 is 14.6 Å². The third kappa shape index (κ3) is 7.52. The number of carboxylic acids is 1. The molecule has 0 radical (unpaired) electrons. The minimum absolute atomic E-state index is 0.498. The second-order valence-corrected chi connectivity index (χ2v) is 2.05. The Labute approximate surface area is 65.1 Å². The maximum Gasteiger partial charge on any atom is 0.327 e. The standard InChI is InChI=1S/C3H4O2.C3H6OS/c1-2-3(4)5;5-2-3-1-4-3/h2H,1H2,(H,4,5);3,5H,1-2H2. The Morgan fingerprint density at radius 1 is 2.00 bits per heavy atom. The van der Waals surface area contributed by atoms with Crippen molar-refractivity contribution in [3.05, 3.63) is 12.7 Å². The molecule has 0 saturated carbocycles. The number of thiol groups is 1. The summed E-state index contributed by atoms with van der Waals surface area (Å²) in [6, 6.07) is 0. The first-order valence-corrected chi connectivity index (χ1v) is 3.41. The molecule has 0 spiro atoms. The summed E-state index contributed by atoms with van der Waals surface area (Å²) >= 11 is 3.95. The molecule has 10 heavy (non-hydrogen) atoms. The lowest BCUT2D eigenvalue weighted by atomic mass is 10.6. The van der Waals surface area contributed by atoms with Crippen molar-refractivity contribution in [3.8, 4) is 0 Å². The summed E-state index contributed by atoms with van der Waals surface area (Å²) in [7, 11) is 0. The molecule has 4 heteroatoms. The zero-order valence-corrected chi connectivity index (χ0v) is 6.38. The van der Waals surface area contributed by atoms with Crippen LogP contribution in [0.5, 0.6) is 0 Å². The molecule has 1 aliphatic heterocycles. The van der Waals surface area contributed by atoms with Gasteiger partial charge >= 0.3 is 5.97 Å². The zero-order chi connectivity index (χ0) is 7.98. The largest absolute Gasteiger partial charge is 0.478 e. The summed E-state index contributed by atoms with van der Waals surface area (Å²) in [4.78, 5) is 9.25. The summed E-state index contributed by atoms with van der Waals surface area (Å²) < 4.78 is 4.78. The third-order valence-corrected chi connectivity index (χ3v) is 1.19. The molecular weight excluding hydrogens is 152 g/mol. The van der Waals surface area contributed by atoms with E-state index >= 15 is 0 Å². The molecule has 0 bridgehead atoms. The van der Waals surface area contributed by atoms with E-state index < -0.39 is 5.97 Å². The molecule has 3 nitrogen and oxygen atoms in total. The SMILES string of the molecule is C=CC(=O)O.SCC1CO1. The van der Waals surface area contributed by atoms with Crippen molar-refractivity contribution in [3.63, 3.8) is 0 Å². The van der Waals surface area contributed by atoms with Crippen LogP contribution in [0.25, 0.3) is 0 Å². The van der Waals surface area contributed by atoms with Gasteiger partial charge in [0.05, 0.1) is 12.7 Å². The number of hydrogen-bond acceptors (Lipinski definition) is 3. The fraction of sp³-hybridized carbons (Fsp3) is 0.500. The highest BCUT2D eigenvalue weighted by Crippen LogP contribution is 2.08. The molecule has 0 aromatic rings. The van der Waals surface area contributed by atoms with Crippen molar-refractivity contribution in [2.45, 2.75) is 6.10 Å². The van der Waals surface area contributed by atoms with Crippen molar-refractivity contribution in [1.29, 1.82) is 0 Å². The number of carbonyl (C=O) groups is 1. The van der Waals surface area contributed by atoms with Gasteiger partial charge in [-0.15, -0.1) is 0 Å². The van der Waals surface area contributed by atoms with Crippen LogP contribution in [0.4, 0.5) is 0 Å². The van der Waals surface area contributed by atoms with Gasteiger partial charge in [0.25, 0.3) is 0 Å². The van der Waals surface area contributed by atoms with Crippen LogP contribution in [-0.4, -0.2) is 29.5 Å². The van der Waals surface area contributed by atoms with E-state index in [1.165, 1.54) is 0 Å². The Bertz CT molecular complexity index is 120. The fourth-order valence-electron chi connectivity index (χ4n) is 0.173. The Balaban J connectivity index is 0.000000162. The maximum atomic E-state index is 9.25. The van der Waals surface area contributed by atoms with E-state index in [4.69, 9.17) is 9.84 Å².